The topological polar surface area (TPSA) is 121 Å². The van der Waals surface area contributed by atoms with Crippen molar-refractivity contribution in [1.82, 2.24) is 18.5 Å². The molecule has 0 radical (unpaired) electrons. The van der Waals surface area contributed by atoms with Gasteiger partial charge in [-0.15, -0.1) is 10.3 Å². The Morgan fingerprint density at radius 2 is 2.36 bits per heavy atom. The maximum Gasteiger partial charge on any atom is 0.330 e. The van der Waals surface area contributed by atoms with E-state index in [1.807, 2.05) is 0 Å². The number of nitrogens with one attached hydrogen (secondary N) is 1. The number of H-pyrrole nitrogens is 1. The molecule has 4 atom stereocenters. The maximum absolute atomic E-state index is 14.6. The Balaban J connectivity index is 1.93. The number of hydrogen-bond donors (Lipinski definition) is 1. The van der Waals surface area contributed by atoms with Crippen LogP contribution in [-0.4, -0.2) is 48.1 Å². The van der Waals surface area contributed by atoms with Crippen LogP contribution in [0, 0.1) is 19.3 Å². The Hall–Kier alpha value is -2.75. The average Bonchev–Trinajstić information content (AvgIpc) is 3.29. The number of imidazole rings is 1. The van der Waals surface area contributed by atoms with Crippen LogP contribution in [0.25, 0.3) is 0 Å². The molecule has 10 nitrogen and oxygen atoms in total. The van der Waals surface area contributed by atoms with Gasteiger partial charge in [-0.25, -0.2) is 13.8 Å². The van der Waals surface area contributed by atoms with Gasteiger partial charge in [0.2, 0.25) is 0 Å². The molecule has 28 heavy (non-hydrogen) atoms. The molecule has 1 fully saturated rings. The summed E-state index contributed by atoms with van der Waals surface area (Å²) >= 11 is 0. The van der Waals surface area contributed by atoms with Crippen LogP contribution < -0.4 is 11.2 Å². The van der Waals surface area contributed by atoms with Crippen LogP contribution in [-0.2, 0) is 19.8 Å². The minimum atomic E-state index is -4.29. The van der Waals surface area contributed by atoms with Gasteiger partial charge < -0.3 is 9.47 Å². The SMILES string of the molecule is C#CCOC[C@H]1O[C@@H](n2cc(C)c(=O)[nH]c2=O)C[C@@H]1N=S(=O)(F)n1ccnc1. The minimum Gasteiger partial charge on any atom is -0.366 e. The van der Waals surface area contributed by atoms with Crippen LogP contribution in [0.4, 0.5) is 3.89 Å². The van der Waals surface area contributed by atoms with Gasteiger partial charge in [-0.1, -0.05) is 5.92 Å². The third kappa shape index (κ3) is 4.22. The summed E-state index contributed by atoms with van der Waals surface area (Å²) in [6.07, 6.45) is 8.42. The highest BCUT2D eigenvalue weighted by Crippen LogP contribution is 2.31. The van der Waals surface area contributed by atoms with Crippen LogP contribution in [0.1, 0.15) is 18.2 Å². The average molecular weight is 411 g/mol. The summed E-state index contributed by atoms with van der Waals surface area (Å²) in [6.45, 7) is 1.50. The molecule has 1 N–H and O–H groups in total. The molecule has 0 aliphatic carbocycles. The Kier molecular flexibility index (Phi) is 5.78. The predicted octanol–water partition coefficient (Wildman–Crippen LogP) is 0.163. The van der Waals surface area contributed by atoms with Crippen LogP contribution in [0.2, 0.25) is 0 Å². The fourth-order valence-corrected chi connectivity index (χ4v) is 3.82. The third-order valence-electron chi connectivity index (χ3n) is 4.13. The van der Waals surface area contributed by atoms with Crippen molar-refractivity contribution in [3.8, 4) is 12.3 Å². The number of aromatic amines is 1. The zero-order chi connectivity index (χ0) is 20.3. The van der Waals surface area contributed by atoms with Crippen molar-refractivity contribution >= 4 is 10.3 Å². The second-order valence-electron chi connectivity index (χ2n) is 6.09. The molecule has 1 saturated heterocycles. The molecule has 0 spiro atoms. The van der Waals surface area contributed by atoms with Crippen molar-refractivity contribution in [1.29, 1.82) is 0 Å². The quantitative estimate of drug-likeness (QED) is 0.411. The zero-order valence-corrected chi connectivity index (χ0v) is 15.7. The molecular formula is C16H18FN5O5S. The predicted molar refractivity (Wildman–Crippen MR) is 97.3 cm³/mol. The van der Waals surface area contributed by atoms with Gasteiger partial charge in [0, 0.05) is 30.6 Å². The lowest BCUT2D eigenvalue weighted by Crippen LogP contribution is -2.33. The highest BCUT2D eigenvalue weighted by molar-refractivity contribution is 7.87. The molecule has 2 aromatic heterocycles. The molecule has 0 aromatic carbocycles. The number of hydrogen-bond acceptors (Lipinski definition) is 7. The fourth-order valence-electron chi connectivity index (χ4n) is 2.78. The first-order chi connectivity index (χ1) is 13.3. The standard InChI is InChI=1S/C16H18FN5O5S/c1-3-6-26-9-13-12(20-28(17,25)21-5-4-18-10-21)7-14(27-13)22-8-11(2)15(23)19-16(22)24/h1,4-5,8,10,12-14H,6-7,9H2,2H3,(H,19,23,24)/t12-,13+,14+,28?/m0/s1. The van der Waals surface area contributed by atoms with E-state index < -0.39 is 39.9 Å². The second-order valence-corrected chi connectivity index (χ2v) is 7.59. The van der Waals surface area contributed by atoms with E-state index in [-0.39, 0.29) is 19.6 Å². The van der Waals surface area contributed by atoms with Crippen LogP contribution in [0.3, 0.4) is 0 Å². The lowest BCUT2D eigenvalue weighted by molar-refractivity contribution is -0.0404. The zero-order valence-electron chi connectivity index (χ0n) is 14.9. The van der Waals surface area contributed by atoms with E-state index >= 15 is 0 Å². The first kappa shape index (κ1) is 20.0. The van der Waals surface area contributed by atoms with Crippen molar-refractivity contribution < 1.29 is 17.6 Å². The Morgan fingerprint density at radius 3 is 3.04 bits per heavy atom. The molecular weight excluding hydrogens is 393 g/mol. The third-order valence-corrected chi connectivity index (χ3v) is 5.40. The number of rotatable bonds is 6. The van der Waals surface area contributed by atoms with Gasteiger partial charge in [0.05, 0.1) is 12.6 Å². The molecule has 3 heterocycles. The highest BCUT2D eigenvalue weighted by Gasteiger charge is 2.38. The molecule has 1 aliphatic heterocycles. The van der Waals surface area contributed by atoms with Gasteiger partial charge in [0.1, 0.15) is 25.3 Å². The minimum absolute atomic E-state index is 0.00147. The van der Waals surface area contributed by atoms with Gasteiger partial charge in [-0.3, -0.25) is 14.3 Å². The van der Waals surface area contributed by atoms with Gasteiger partial charge in [0.15, 0.2) is 0 Å². The molecule has 0 saturated carbocycles. The van der Waals surface area contributed by atoms with Crippen molar-refractivity contribution in [3.63, 3.8) is 0 Å². The van der Waals surface area contributed by atoms with E-state index in [9.17, 15) is 17.7 Å². The number of aryl methyl sites for hydroxylation is 1. The summed E-state index contributed by atoms with van der Waals surface area (Å²) in [6, 6.07) is -0.887. The molecule has 0 bridgehead atoms. The van der Waals surface area contributed by atoms with Gasteiger partial charge in [-0.05, 0) is 6.92 Å². The number of aromatic nitrogens is 4. The smallest absolute Gasteiger partial charge is 0.330 e. The van der Waals surface area contributed by atoms with Gasteiger partial charge in [-0.2, -0.15) is 8.57 Å². The summed E-state index contributed by atoms with van der Waals surface area (Å²) < 4.78 is 43.7. The highest BCUT2D eigenvalue weighted by atomic mass is 32.3. The number of terminal acetylenes is 1. The molecule has 2 aromatic rings. The summed E-state index contributed by atoms with van der Waals surface area (Å²) in [5.41, 5.74) is -0.891. The second kappa shape index (κ2) is 8.09. The number of nitrogens with zero attached hydrogens (tertiary/aromatic N) is 4. The summed E-state index contributed by atoms with van der Waals surface area (Å²) in [5, 5.41) is 0. The van der Waals surface area contributed by atoms with E-state index in [0.29, 0.717) is 5.56 Å². The molecule has 1 unspecified atom stereocenters. The van der Waals surface area contributed by atoms with Gasteiger partial charge in [0.25, 0.3) is 15.9 Å². The number of ether oxygens (including phenoxy) is 2. The van der Waals surface area contributed by atoms with E-state index in [0.717, 1.165) is 10.3 Å². The lowest BCUT2D eigenvalue weighted by atomic mass is 10.1. The van der Waals surface area contributed by atoms with Crippen molar-refractivity contribution in [2.24, 2.45) is 4.36 Å². The van der Waals surface area contributed by atoms with E-state index in [1.165, 1.54) is 30.1 Å². The first-order valence-electron chi connectivity index (χ1n) is 8.25. The van der Waals surface area contributed by atoms with Gasteiger partial charge >= 0.3 is 5.69 Å². The van der Waals surface area contributed by atoms with E-state index in [1.54, 1.807) is 0 Å². The summed E-state index contributed by atoms with van der Waals surface area (Å²) in [4.78, 5) is 29.5. The summed E-state index contributed by atoms with van der Waals surface area (Å²) in [5.74, 6) is 2.30. The first-order valence-corrected chi connectivity index (χ1v) is 9.62. The van der Waals surface area contributed by atoms with Crippen molar-refractivity contribution in [2.45, 2.75) is 31.7 Å². The molecule has 0 amide bonds. The maximum atomic E-state index is 14.6. The Bertz CT molecular complexity index is 1110. The summed E-state index contributed by atoms with van der Waals surface area (Å²) in [7, 11) is -4.29. The van der Waals surface area contributed by atoms with Crippen molar-refractivity contribution in [3.05, 3.63) is 51.3 Å². The molecule has 12 heteroatoms. The van der Waals surface area contributed by atoms with Crippen LogP contribution >= 0.6 is 0 Å². The number of halogens is 1. The normalized spacial score (nSPS) is 23.8. The fraction of sp³-hybridized carbons (Fsp3) is 0.438. The molecule has 150 valence electrons. The van der Waals surface area contributed by atoms with Crippen molar-refractivity contribution in [2.75, 3.05) is 13.2 Å². The monoisotopic (exact) mass is 411 g/mol. The van der Waals surface area contributed by atoms with E-state index in [2.05, 4.69) is 20.3 Å². The molecule has 3 rings (SSSR count). The largest absolute Gasteiger partial charge is 0.366 e. The molecule has 1 aliphatic rings. The Morgan fingerprint density at radius 1 is 1.57 bits per heavy atom. The lowest BCUT2D eigenvalue weighted by Gasteiger charge is -2.16. The van der Waals surface area contributed by atoms with E-state index in [4.69, 9.17) is 15.9 Å². The Labute approximate surface area is 159 Å². The van der Waals surface area contributed by atoms with Crippen LogP contribution in [0.15, 0.2) is 38.9 Å². The van der Waals surface area contributed by atoms with Crippen LogP contribution in [0.5, 0.6) is 0 Å².